The lowest BCUT2D eigenvalue weighted by Gasteiger charge is -2.20. The molecule has 3 rings (SSSR count). The fraction of sp³-hybridized carbons (Fsp3) is 0.400. The number of likely N-dealkylation sites (N-methyl/N-ethyl adjacent to an activating group) is 1. The third kappa shape index (κ3) is 3.60. The van der Waals surface area contributed by atoms with Crippen molar-refractivity contribution in [3.63, 3.8) is 0 Å². The van der Waals surface area contributed by atoms with Crippen molar-refractivity contribution in [3.05, 3.63) is 33.0 Å². The van der Waals surface area contributed by atoms with Crippen LogP contribution in [0, 0.1) is 0 Å². The number of nitrogens with one attached hydrogen (secondary N) is 1. The van der Waals surface area contributed by atoms with Crippen molar-refractivity contribution in [2.45, 2.75) is 25.8 Å². The molecule has 22 heavy (non-hydrogen) atoms. The second-order valence-electron chi connectivity index (χ2n) is 5.33. The molecule has 0 aromatic carbocycles. The van der Waals surface area contributed by atoms with Crippen LogP contribution in [-0.4, -0.2) is 35.2 Å². The fourth-order valence-electron chi connectivity index (χ4n) is 2.35. The van der Waals surface area contributed by atoms with E-state index in [2.05, 4.69) is 22.2 Å². The molecule has 7 heteroatoms. The number of Topliss-reactive ketones (excluding diaryl/α,β-unsaturated/α-hetero) is 1. The molecule has 0 spiro atoms. The number of amides is 1. The summed E-state index contributed by atoms with van der Waals surface area (Å²) >= 11 is 2.94. The average molecular weight is 335 g/mol. The molecular weight excluding hydrogens is 318 g/mol. The Balaban J connectivity index is 1.53. The molecule has 0 radical (unpaired) electrons. The van der Waals surface area contributed by atoms with Crippen LogP contribution in [0.2, 0.25) is 0 Å². The van der Waals surface area contributed by atoms with E-state index in [1.54, 1.807) is 6.07 Å². The Hall–Kier alpha value is -1.57. The predicted molar refractivity (Wildman–Crippen MR) is 88.7 cm³/mol. The number of rotatable bonds is 5. The summed E-state index contributed by atoms with van der Waals surface area (Å²) in [6, 6.07) is 3.63. The molecule has 1 N–H and O–H groups in total. The van der Waals surface area contributed by atoms with E-state index in [1.165, 1.54) is 27.6 Å². The summed E-state index contributed by atoms with van der Waals surface area (Å²) in [5.74, 6) is -0.130. The first-order valence-corrected chi connectivity index (χ1v) is 8.85. The zero-order chi connectivity index (χ0) is 15.5. The molecule has 0 aliphatic carbocycles. The van der Waals surface area contributed by atoms with Crippen LogP contribution in [0.15, 0.2) is 17.5 Å². The minimum Gasteiger partial charge on any atom is -0.302 e. The maximum Gasteiger partial charge on any atom is 0.226 e. The van der Waals surface area contributed by atoms with Gasteiger partial charge in [-0.2, -0.15) is 0 Å². The van der Waals surface area contributed by atoms with Crippen LogP contribution in [0.5, 0.6) is 0 Å². The number of thiophene rings is 1. The van der Waals surface area contributed by atoms with Gasteiger partial charge in [0, 0.05) is 37.2 Å². The number of thiazole rings is 1. The first-order valence-electron chi connectivity index (χ1n) is 7.15. The number of aromatic nitrogens is 1. The van der Waals surface area contributed by atoms with Gasteiger partial charge < -0.3 is 10.2 Å². The van der Waals surface area contributed by atoms with Crippen LogP contribution >= 0.6 is 22.7 Å². The first kappa shape index (κ1) is 15.3. The second kappa shape index (κ2) is 6.68. The van der Waals surface area contributed by atoms with E-state index in [9.17, 15) is 9.59 Å². The second-order valence-corrected chi connectivity index (χ2v) is 7.36. The van der Waals surface area contributed by atoms with Gasteiger partial charge in [0.2, 0.25) is 5.91 Å². The summed E-state index contributed by atoms with van der Waals surface area (Å²) in [6.07, 6.45) is 1.36. The quantitative estimate of drug-likeness (QED) is 0.854. The molecule has 2 aromatic heterocycles. The summed E-state index contributed by atoms with van der Waals surface area (Å²) in [4.78, 5) is 32.5. The van der Waals surface area contributed by atoms with Crippen molar-refractivity contribution >= 4 is 39.5 Å². The highest BCUT2D eigenvalue weighted by Crippen LogP contribution is 2.27. The molecule has 1 amide bonds. The number of carbonyl (C=O) groups is 2. The molecule has 5 nitrogen and oxygen atoms in total. The van der Waals surface area contributed by atoms with Crippen molar-refractivity contribution in [1.29, 1.82) is 0 Å². The van der Waals surface area contributed by atoms with Crippen molar-refractivity contribution in [1.82, 2.24) is 9.88 Å². The van der Waals surface area contributed by atoms with Gasteiger partial charge in [0.1, 0.15) is 0 Å². The Labute approximate surface area is 137 Å². The van der Waals surface area contributed by atoms with E-state index in [0.29, 0.717) is 10.0 Å². The van der Waals surface area contributed by atoms with Crippen molar-refractivity contribution in [2.24, 2.45) is 0 Å². The molecule has 1 aliphatic heterocycles. The number of fused-ring (bicyclic) bond motifs is 1. The van der Waals surface area contributed by atoms with Gasteiger partial charge in [0.15, 0.2) is 10.9 Å². The van der Waals surface area contributed by atoms with Crippen LogP contribution in [0.3, 0.4) is 0 Å². The van der Waals surface area contributed by atoms with E-state index in [0.717, 1.165) is 25.2 Å². The van der Waals surface area contributed by atoms with Crippen LogP contribution in [0.1, 0.15) is 33.1 Å². The van der Waals surface area contributed by atoms with Crippen LogP contribution in [0.4, 0.5) is 5.13 Å². The lowest BCUT2D eigenvalue weighted by Crippen LogP contribution is -2.25. The largest absolute Gasteiger partial charge is 0.302 e. The Bertz CT molecular complexity index is 679. The predicted octanol–water partition coefficient (Wildman–Crippen LogP) is 2.79. The summed E-state index contributed by atoms with van der Waals surface area (Å²) in [5, 5.41) is 5.33. The van der Waals surface area contributed by atoms with Crippen LogP contribution < -0.4 is 5.32 Å². The first-order chi connectivity index (χ1) is 10.6. The summed E-state index contributed by atoms with van der Waals surface area (Å²) in [6.45, 7) is 1.89. The topological polar surface area (TPSA) is 62.3 Å². The molecule has 116 valence electrons. The molecule has 0 atom stereocenters. The molecule has 0 bridgehead atoms. The lowest BCUT2D eigenvalue weighted by molar-refractivity contribution is -0.116. The normalized spacial score (nSPS) is 14.6. The highest BCUT2D eigenvalue weighted by Gasteiger charge is 2.19. The Morgan fingerprint density at radius 3 is 3.05 bits per heavy atom. The summed E-state index contributed by atoms with van der Waals surface area (Å²) in [5.41, 5.74) is 1.09. The minimum absolute atomic E-state index is 0.0187. The monoisotopic (exact) mass is 335 g/mol. The van der Waals surface area contributed by atoms with Gasteiger partial charge >= 0.3 is 0 Å². The summed E-state index contributed by atoms with van der Waals surface area (Å²) < 4.78 is 0. The van der Waals surface area contributed by atoms with E-state index in [1.807, 2.05) is 11.4 Å². The van der Waals surface area contributed by atoms with E-state index in [-0.39, 0.29) is 24.5 Å². The molecule has 3 heterocycles. The number of anilines is 1. The molecule has 0 saturated carbocycles. The number of ketones is 1. The highest BCUT2D eigenvalue weighted by atomic mass is 32.1. The number of hydrogen-bond acceptors (Lipinski definition) is 6. The van der Waals surface area contributed by atoms with Crippen molar-refractivity contribution in [3.8, 4) is 0 Å². The Kier molecular flexibility index (Phi) is 4.66. The molecule has 0 fully saturated rings. The molecule has 0 saturated heterocycles. The van der Waals surface area contributed by atoms with Gasteiger partial charge in [-0.05, 0) is 18.5 Å². The molecular formula is C15H17N3O2S2. The van der Waals surface area contributed by atoms with E-state index in [4.69, 9.17) is 0 Å². The fourth-order valence-corrected chi connectivity index (χ4v) is 4.14. The van der Waals surface area contributed by atoms with Gasteiger partial charge in [0.25, 0.3) is 0 Å². The molecule has 1 aliphatic rings. The Morgan fingerprint density at radius 1 is 1.41 bits per heavy atom. The zero-order valence-electron chi connectivity index (χ0n) is 12.3. The maximum absolute atomic E-state index is 12.0. The standard InChI is InChI=1S/C15H17N3O2S2/c1-18-7-6-10-13(9-18)22-15(16-10)17-14(20)5-4-11(19)12-3-2-8-21-12/h2-3,8H,4-7,9H2,1H3,(H,16,17,20). The number of hydrogen-bond donors (Lipinski definition) is 1. The van der Waals surface area contributed by atoms with Crippen LogP contribution in [0.25, 0.3) is 0 Å². The SMILES string of the molecule is CN1CCc2nc(NC(=O)CCC(=O)c3cccs3)sc2C1. The molecule has 0 unspecified atom stereocenters. The smallest absolute Gasteiger partial charge is 0.226 e. The molecule has 2 aromatic rings. The summed E-state index contributed by atoms with van der Waals surface area (Å²) in [7, 11) is 2.08. The van der Waals surface area contributed by atoms with Gasteiger partial charge in [-0.1, -0.05) is 6.07 Å². The average Bonchev–Trinajstić information content (AvgIpc) is 3.13. The third-order valence-electron chi connectivity index (χ3n) is 3.54. The number of carbonyl (C=O) groups excluding carboxylic acids is 2. The Morgan fingerprint density at radius 2 is 2.27 bits per heavy atom. The third-order valence-corrected chi connectivity index (χ3v) is 5.45. The van der Waals surface area contributed by atoms with Gasteiger partial charge in [0.05, 0.1) is 10.6 Å². The van der Waals surface area contributed by atoms with E-state index < -0.39 is 0 Å². The number of nitrogens with zero attached hydrogens (tertiary/aromatic N) is 2. The van der Waals surface area contributed by atoms with Gasteiger partial charge in [-0.3, -0.25) is 9.59 Å². The minimum atomic E-state index is -0.149. The lowest BCUT2D eigenvalue weighted by atomic mass is 10.2. The van der Waals surface area contributed by atoms with Crippen molar-refractivity contribution < 1.29 is 9.59 Å². The van der Waals surface area contributed by atoms with Gasteiger partial charge in [-0.25, -0.2) is 4.98 Å². The maximum atomic E-state index is 12.0. The highest BCUT2D eigenvalue weighted by molar-refractivity contribution is 7.15. The van der Waals surface area contributed by atoms with E-state index >= 15 is 0 Å². The van der Waals surface area contributed by atoms with Gasteiger partial charge in [-0.15, -0.1) is 22.7 Å². The zero-order valence-corrected chi connectivity index (χ0v) is 13.9. The van der Waals surface area contributed by atoms with Crippen LogP contribution in [-0.2, 0) is 17.8 Å². The van der Waals surface area contributed by atoms with Crippen molar-refractivity contribution in [2.75, 3.05) is 18.9 Å².